The number of nitrogens with one attached hydrogen (secondary N) is 1. The van der Waals surface area contributed by atoms with Crippen LogP contribution in [0.1, 0.15) is 24.5 Å². The summed E-state index contributed by atoms with van der Waals surface area (Å²) in [6, 6.07) is 6.63. The first-order valence-corrected chi connectivity index (χ1v) is 7.55. The van der Waals surface area contributed by atoms with Crippen molar-refractivity contribution in [2.75, 3.05) is 26.9 Å². The molecule has 2 atom stereocenters. The van der Waals surface area contributed by atoms with E-state index in [0.29, 0.717) is 24.5 Å². The maximum Gasteiger partial charge on any atom is 0.237 e. The summed E-state index contributed by atoms with van der Waals surface area (Å²) in [5.74, 6) is 0.496. The van der Waals surface area contributed by atoms with Crippen LogP contribution in [0, 0.1) is 5.92 Å². The van der Waals surface area contributed by atoms with Crippen molar-refractivity contribution in [3.05, 3.63) is 29.8 Å². The summed E-state index contributed by atoms with van der Waals surface area (Å²) in [5.41, 5.74) is 6.64. The molecule has 23 heavy (non-hydrogen) atoms. The summed E-state index contributed by atoms with van der Waals surface area (Å²) in [6.07, 6.45) is 0.759. The van der Waals surface area contributed by atoms with Gasteiger partial charge in [0.15, 0.2) is 0 Å². The van der Waals surface area contributed by atoms with Crippen LogP contribution in [0.2, 0.25) is 0 Å². The zero-order valence-corrected chi connectivity index (χ0v) is 14.1. The Morgan fingerprint density at radius 2 is 2.09 bits per heavy atom. The standard InChI is InChI=1S/C16H24N2O4.ClH/c1-21-14-5-3-2-4-12(14)13(19)10-18-16(20)15(17)11-6-8-22-9-7-11;/h2-5,11,13,15,19H,6-10,17H2,1H3,(H,18,20);1H. The second-order valence-electron chi connectivity index (χ2n) is 5.48. The highest BCUT2D eigenvalue weighted by Gasteiger charge is 2.27. The Bertz CT molecular complexity index is 495. The zero-order chi connectivity index (χ0) is 15.9. The number of hydrogen-bond acceptors (Lipinski definition) is 5. The van der Waals surface area contributed by atoms with Crippen molar-refractivity contribution in [2.24, 2.45) is 11.7 Å². The van der Waals surface area contributed by atoms with Crippen LogP contribution in [0.5, 0.6) is 5.75 Å². The number of aliphatic hydroxyl groups is 1. The van der Waals surface area contributed by atoms with Crippen LogP contribution in [0.4, 0.5) is 0 Å². The first-order chi connectivity index (χ1) is 10.6. The van der Waals surface area contributed by atoms with Crippen molar-refractivity contribution >= 4 is 18.3 Å². The average Bonchev–Trinajstić information content (AvgIpc) is 2.59. The van der Waals surface area contributed by atoms with Gasteiger partial charge in [0.05, 0.1) is 19.3 Å². The summed E-state index contributed by atoms with van der Waals surface area (Å²) in [6.45, 7) is 1.40. The monoisotopic (exact) mass is 344 g/mol. The average molecular weight is 345 g/mol. The van der Waals surface area contributed by atoms with E-state index < -0.39 is 12.1 Å². The molecule has 1 heterocycles. The number of methoxy groups -OCH3 is 1. The lowest BCUT2D eigenvalue weighted by Gasteiger charge is -2.27. The first kappa shape index (κ1) is 19.7. The van der Waals surface area contributed by atoms with Gasteiger partial charge in [-0.25, -0.2) is 0 Å². The third-order valence-corrected chi connectivity index (χ3v) is 4.04. The first-order valence-electron chi connectivity index (χ1n) is 7.55. The normalized spacial score (nSPS) is 17.7. The van der Waals surface area contributed by atoms with E-state index >= 15 is 0 Å². The third-order valence-electron chi connectivity index (χ3n) is 4.04. The van der Waals surface area contributed by atoms with E-state index in [9.17, 15) is 9.90 Å². The maximum absolute atomic E-state index is 12.1. The highest BCUT2D eigenvalue weighted by molar-refractivity contribution is 5.85. The van der Waals surface area contributed by atoms with Crippen molar-refractivity contribution in [2.45, 2.75) is 25.0 Å². The van der Waals surface area contributed by atoms with Gasteiger partial charge < -0.3 is 25.6 Å². The Morgan fingerprint density at radius 3 is 2.74 bits per heavy atom. The van der Waals surface area contributed by atoms with Gasteiger partial charge in [0, 0.05) is 25.3 Å². The van der Waals surface area contributed by atoms with Crippen molar-refractivity contribution in [3.63, 3.8) is 0 Å². The number of aliphatic hydroxyl groups excluding tert-OH is 1. The summed E-state index contributed by atoms with van der Waals surface area (Å²) in [4.78, 5) is 12.1. The van der Waals surface area contributed by atoms with Gasteiger partial charge in [-0.3, -0.25) is 4.79 Å². The second-order valence-corrected chi connectivity index (χ2v) is 5.48. The SMILES string of the molecule is COc1ccccc1C(O)CNC(=O)C(N)C1CCOCC1.Cl. The van der Waals surface area contributed by atoms with E-state index in [2.05, 4.69) is 5.32 Å². The second kappa shape index (κ2) is 9.72. The fourth-order valence-corrected chi connectivity index (χ4v) is 2.66. The number of hydrogen-bond donors (Lipinski definition) is 3. The molecule has 0 aromatic heterocycles. The number of amides is 1. The molecule has 0 spiro atoms. The van der Waals surface area contributed by atoms with Crippen LogP contribution >= 0.6 is 12.4 Å². The van der Waals surface area contributed by atoms with Crippen LogP contribution in [0.15, 0.2) is 24.3 Å². The van der Waals surface area contributed by atoms with E-state index in [0.717, 1.165) is 12.8 Å². The molecule has 1 saturated heterocycles. The Morgan fingerprint density at radius 1 is 1.43 bits per heavy atom. The minimum atomic E-state index is -0.831. The van der Waals surface area contributed by atoms with Crippen molar-refractivity contribution < 1.29 is 19.4 Å². The molecule has 6 nitrogen and oxygen atoms in total. The minimum absolute atomic E-state index is 0. The molecule has 1 aromatic carbocycles. The molecule has 1 fully saturated rings. The lowest BCUT2D eigenvalue weighted by atomic mass is 9.92. The lowest BCUT2D eigenvalue weighted by Crippen LogP contribution is -2.47. The molecule has 130 valence electrons. The number of para-hydroxylation sites is 1. The minimum Gasteiger partial charge on any atom is -0.496 e. The van der Waals surface area contributed by atoms with Crippen LogP contribution < -0.4 is 15.8 Å². The number of carbonyl (C=O) groups is 1. The summed E-state index contributed by atoms with van der Waals surface area (Å²) in [7, 11) is 1.55. The van der Waals surface area contributed by atoms with Crippen molar-refractivity contribution in [3.8, 4) is 5.75 Å². The molecule has 1 aliphatic rings. The molecular weight excluding hydrogens is 320 g/mol. The Kier molecular flexibility index (Phi) is 8.33. The molecule has 2 rings (SSSR count). The largest absolute Gasteiger partial charge is 0.496 e. The lowest BCUT2D eigenvalue weighted by molar-refractivity contribution is -0.124. The molecule has 1 amide bonds. The van der Waals surface area contributed by atoms with E-state index in [-0.39, 0.29) is 30.8 Å². The van der Waals surface area contributed by atoms with E-state index in [1.165, 1.54) is 0 Å². The summed E-state index contributed by atoms with van der Waals surface area (Å²) in [5, 5.41) is 12.9. The number of carbonyl (C=O) groups excluding carboxylic acids is 1. The van der Waals surface area contributed by atoms with Crippen LogP contribution in [-0.2, 0) is 9.53 Å². The Balaban J connectivity index is 0.00000264. The predicted molar refractivity (Wildman–Crippen MR) is 89.7 cm³/mol. The maximum atomic E-state index is 12.1. The molecule has 0 bridgehead atoms. The molecule has 4 N–H and O–H groups in total. The zero-order valence-electron chi connectivity index (χ0n) is 13.2. The van der Waals surface area contributed by atoms with Gasteiger partial charge in [-0.15, -0.1) is 12.4 Å². The highest BCUT2D eigenvalue weighted by Crippen LogP contribution is 2.24. The molecular formula is C16H25ClN2O4. The molecule has 0 aliphatic carbocycles. The number of ether oxygens (including phenoxy) is 2. The van der Waals surface area contributed by atoms with Gasteiger partial charge >= 0.3 is 0 Å². The van der Waals surface area contributed by atoms with Gasteiger partial charge in [-0.1, -0.05) is 18.2 Å². The van der Waals surface area contributed by atoms with E-state index in [1.807, 2.05) is 12.1 Å². The Hall–Kier alpha value is -1.34. The van der Waals surface area contributed by atoms with Gasteiger partial charge in [0.25, 0.3) is 0 Å². The molecule has 1 aromatic rings. The van der Waals surface area contributed by atoms with Gasteiger partial charge in [0.1, 0.15) is 5.75 Å². The number of nitrogens with two attached hydrogens (primary N) is 1. The smallest absolute Gasteiger partial charge is 0.237 e. The topological polar surface area (TPSA) is 93.8 Å². The molecule has 0 radical (unpaired) electrons. The molecule has 0 saturated carbocycles. The summed E-state index contributed by atoms with van der Waals surface area (Å²) >= 11 is 0. The van der Waals surface area contributed by atoms with Gasteiger partial charge in [0.2, 0.25) is 5.91 Å². The van der Waals surface area contributed by atoms with Gasteiger partial charge in [-0.2, -0.15) is 0 Å². The van der Waals surface area contributed by atoms with Crippen LogP contribution in [0.25, 0.3) is 0 Å². The van der Waals surface area contributed by atoms with E-state index in [4.69, 9.17) is 15.2 Å². The quantitative estimate of drug-likeness (QED) is 0.716. The summed E-state index contributed by atoms with van der Waals surface area (Å²) < 4.78 is 10.5. The van der Waals surface area contributed by atoms with E-state index in [1.54, 1.807) is 19.2 Å². The fourth-order valence-electron chi connectivity index (χ4n) is 2.66. The number of benzene rings is 1. The third kappa shape index (κ3) is 5.35. The van der Waals surface area contributed by atoms with Crippen molar-refractivity contribution in [1.82, 2.24) is 5.32 Å². The fraction of sp³-hybridized carbons (Fsp3) is 0.562. The molecule has 2 unspecified atom stereocenters. The Labute approximate surface area is 142 Å². The highest BCUT2D eigenvalue weighted by atomic mass is 35.5. The van der Waals surface area contributed by atoms with Crippen LogP contribution in [0.3, 0.4) is 0 Å². The predicted octanol–water partition coefficient (Wildman–Crippen LogP) is 1.02. The molecule has 7 heteroatoms. The van der Waals surface area contributed by atoms with Crippen molar-refractivity contribution in [1.29, 1.82) is 0 Å². The van der Waals surface area contributed by atoms with Gasteiger partial charge in [-0.05, 0) is 24.8 Å². The van der Waals surface area contributed by atoms with Crippen LogP contribution in [-0.4, -0.2) is 43.9 Å². The molecule has 1 aliphatic heterocycles. The number of halogens is 1. The number of rotatable bonds is 6.